The second-order valence-electron chi connectivity index (χ2n) is 9.55. The van der Waals surface area contributed by atoms with E-state index in [1.807, 2.05) is 13.8 Å². The number of nitrogens with one attached hydrogen (secondary N) is 4. The van der Waals surface area contributed by atoms with Crippen LogP contribution in [0.5, 0.6) is 11.5 Å². The van der Waals surface area contributed by atoms with Crippen molar-refractivity contribution in [2.75, 3.05) is 6.61 Å². The molecule has 12 heteroatoms. The van der Waals surface area contributed by atoms with Gasteiger partial charge in [-0.3, -0.25) is 40.9 Å². The van der Waals surface area contributed by atoms with Gasteiger partial charge in [-0.15, -0.1) is 0 Å². The molecule has 10 nitrogen and oxygen atoms in total. The van der Waals surface area contributed by atoms with E-state index >= 15 is 0 Å². The van der Waals surface area contributed by atoms with Crippen LogP contribution in [-0.2, 0) is 9.59 Å². The number of amides is 4. The van der Waals surface area contributed by atoms with Gasteiger partial charge in [-0.25, -0.2) is 0 Å². The summed E-state index contributed by atoms with van der Waals surface area (Å²) in [7, 11) is 0. The number of carbonyl (C=O) groups is 4. The van der Waals surface area contributed by atoms with Gasteiger partial charge in [0, 0.05) is 21.2 Å². The zero-order valence-electron chi connectivity index (χ0n) is 24.7. The van der Waals surface area contributed by atoms with Crippen LogP contribution in [0.3, 0.4) is 0 Å². The van der Waals surface area contributed by atoms with Crippen LogP contribution in [0, 0.1) is 13.8 Å². The monoisotopic (exact) mass is 650 g/mol. The van der Waals surface area contributed by atoms with Crippen molar-refractivity contribution >= 4 is 46.8 Å². The Labute approximate surface area is 271 Å². The molecule has 1 atom stereocenters. The SMILES string of the molecule is Cc1cc(Cl)ccc1OC(C)C(=O)NNC(=O)c1ccccc1.Cc1cc(Cl)ccc1OCC(=O)NNC(=O)c1ccccc1. The highest BCUT2D eigenvalue weighted by Crippen LogP contribution is 2.23. The standard InChI is InChI=1S/C17H17ClN2O3.C16H15ClN2O3/c1-11-10-14(18)8-9-15(11)23-12(2)16(21)19-20-17(22)13-6-4-3-5-7-13;1-11-9-13(17)7-8-14(11)22-10-15(20)18-19-16(21)12-5-3-2-4-6-12/h3-10,12H,1-2H3,(H,19,21)(H,20,22);2-9H,10H2,1H3,(H,18,20)(H,19,21). The van der Waals surface area contributed by atoms with E-state index in [9.17, 15) is 19.2 Å². The average Bonchev–Trinajstić information content (AvgIpc) is 3.04. The molecule has 0 bridgehead atoms. The second kappa shape index (κ2) is 17.3. The highest BCUT2D eigenvalue weighted by atomic mass is 35.5. The van der Waals surface area contributed by atoms with Gasteiger partial charge in [-0.1, -0.05) is 59.6 Å². The Morgan fingerprint density at radius 3 is 1.60 bits per heavy atom. The van der Waals surface area contributed by atoms with Gasteiger partial charge in [0.05, 0.1) is 0 Å². The number of rotatable bonds is 8. The number of halogens is 2. The summed E-state index contributed by atoms with van der Waals surface area (Å²) in [5.74, 6) is -0.576. The first kappa shape index (κ1) is 34.4. The lowest BCUT2D eigenvalue weighted by atomic mass is 10.2. The van der Waals surface area contributed by atoms with E-state index in [2.05, 4.69) is 21.7 Å². The molecule has 4 N–H and O–H groups in total. The first-order chi connectivity index (χ1) is 21.5. The lowest BCUT2D eigenvalue weighted by Crippen LogP contribution is -2.47. The van der Waals surface area contributed by atoms with Crippen molar-refractivity contribution in [3.8, 4) is 11.5 Å². The highest BCUT2D eigenvalue weighted by molar-refractivity contribution is 6.31. The van der Waals surface area contributed by atoms with Crippen molar-refractivity contribution in [2.45, 2.75) is 26.9 Å². The van der Waals surface area contributed by atoms with Gasteiger partial charge >= 0.3 is 0 Å². The third-order valence-electron chi connectivity index (χ3n) is 5.99. The van der Waals surface area contributed by atoms with Crippen LogP contribution < -0.4 is 31.2 Å². The molecular formula is C33H32Cl2N4O6. The fourth-order valence-electron chi connectivity index (χ4n) is 3.61. The van der Waals surface area contributed by atoms with Crippen molar-refractivity contribution in [3.05, 3.63) is 129 Å². The van der Waals surface area contributed by atoms with Crippen LogP contribution in [0.15, 0.2) is 97.1 Å². The van der Waals surface area contributed by atoms with Gasteiger partial charge in [-0.2, -0.15) is 0 Å². The molecule has 234 valence electrons. The normalized spacial score (nSPS) is 10.7. The number of benzene rings is 4. The molecule has 4 aromatic carbocycles. The van der Waals surface area contributed by atoms with Crippen LogP contribution in [0.2, 0.25) is 10.0 Å². The molecule has 0 radical (unpaired) electrons. The molecule has 0 saturated carbocycles. The summed E-state index contributed by atoms with van der Waals surface area (Å²) in [5, 5.41) is 1.20. The van der Waals surface area contributed by atoms with Gasteiger partial charge in [-0.05, 0) is 92.6 Å². The topological polar surface area (TPSA) is 135 Å². The Morgan fingerprint density at radius 2 is 1.11 bits per heavy atom. The number of hydrogen-bond donors (Lipinski definition) is 4. The predicted molar refractivity (Wildman–Crippen MR) is 172 cm³/mol. The van der Waals surface area contributed by atoms with Crippen molar-refractivity contribution in [2.24, 2.45) is 0 Å². The molecule has 0 aromatic heterocycles. The summed E-state index contributed by atoms with van der Waals surface area (Å²) >= 11 is 11.7. The lowest BCUT2D eigenvalue weighted by Gasteiger charge is -2.16. The average molecular weight is 652 g/mol. The number of carbonyl (C=O) groups excluding carboxylic acids is 4. The largest absolute Gasteiger partial charge is 0.483 e. The van der Waals surface area contributed by atoms with E-state index in [0.717, 1.165) is 11.1 Å². The molecule has 0 spiro atoms. The molecule has 4 rings (SSSR count). The Morgan fingerprint density at radius 1 is 0.644 bits per heavy atom. The second-order valence-corrected chi connectivity index (χ2v) is 10.4. The van der Waals surface area contributed by atoms with E-state index in [0.29, 0.717) is 32.7 Å². The Bertz CT molecular complexity index is 1620. The number of ether oxygens (including phenoxy) is 2. The minimum absolute atomic E-state index is 0.211. The Hall–Kier alpha value is -5.06. The van der Waals surface area contributed by atoms with Crippen LogP contribution >= 0.6 is 23.2 Å². The third-order valence-corrected chi connectivity index (χ3v) is 6.46. The third kappa shape index (κ3) is 11.5. The minimum atomic E-state index is -0.772. The van der Waals surface area contributed by atoms with E-state index in [1.165, 1.54) is 0 Å². The molecule has 4 aromatic rings. The predicted octanol–water partition coefficient (Wildman–Crippen LogP) is 5.37. The number of hydrazine groups is 2. The molecule has 0 aliphatic heterocycles. The smallest absolute Gasteiger partial charge is 0.279 e. The zero-order chi connectivity index (χ0) is 32.8. The van der Waals surface area contributed by atoms with Crippen LogP contribution in [-0.4, -0.2) is 36.3 Å². The molecule has 45 heavy (non-hydrogen) atoms. The minimum Gasteiger partial charge on any atom is -0.483 e. The first-order valence-electron chi connectivity index (χ1n) is 13.6. The quantitative estimate of drug-likeness (QED) is 0.190. The van der Waals surface area contributed by atoms with Crippen molar-refractivity contribution in [1.82, 2.24) is 21.7 Å². The van der Waals surface area contributed by atoms with E-state index in [-0.39, 0.29) is 6.61 Å². The Kier molecular flexibility index (Phi) is 13.2. The fourth-order valence-corrected chi connectivity index (χ4v) is 4.07. The van der Waals surface area contributed by atoms with Crippen molar-refractivity contribution < 1.29 is 28.7 Å². The molecule has 0 aliphatic rings. The van der Waals surface area contributed by atoms with Crippen LogP contribution in [0.25, 0.3) is 0 Å². The van der Waals surface area contributed by atoms with Gasteiger partial charge in [0.2, 0.25) is 0 Å². The lowest BCUT2D eigenvalue weighted by molar-refractivity contribution is -0.128. The maximum Gasteiger partial charge on any atom is 0.279 e. The maximum atomic E-state index is 12.0. The van der Waals surface area contributed by atoms with Crippen LogP contribution in [0.4, 0.5) is 0 Å². The molecule has 1 unspecified atom stereocenters. The zero-order valence-corrected chi connectivity index (χ0v) is 26.2. The summed E-state index contributed by atoms with van der Waals surface area (Å²) in [5.41, 5.74) is 11.9. The summed E-state index contributed by atoms with van der Waals surface area (Å²) in [6, 6.07) is 27.4. The molecule has 0 heterocycles. The summed E-state index contributed by atoms with van der Waals surface area (Å²) in [6.07, 6.45) is -0.772. The van der Waals surface area contributed by atoms with Gasteiger partial charge in [0.1, 0.15) is 11.5 Å². The van der Waals surface area contributed by atoms with Crippen molar-refractivity contribution in [1.29, 1.82) is 0 Å². The van der Waals surface area contributed by atoms with Gasteiger partial charge < -0.3 is 9.47 Å². The molecule has 0 saturated heterocycles. The van der Waals surface area contributed by atoms with Crippen LogP contribution in [0.1, 0.15) is 38.8 Å². The highest BCUT2D eigenvalue weighted by Gasteiger charge is 2.17. The van der Waals surface area contributed by atoms with E-state index in [1.54, 1.807) is 104 Å². The summed E-state index contributed by atoms with van der Waals surface area (Å²) < 4.78 is 10.9. The molecule has 0 aliphatic carbocycles. The van der Waals surface area contributed by atoms with Gasteiger partial charge in [0.15, 0.2) is 12.7 Å². The molecule has 4 amide bonds. The summed E-state index contributed by atoms with van der Waals surface area (Å²) in [6.45, 7) is 5.05. The fraction of sp³-hybridized carbons (Fsp3) is 0.152. The van der Waals surface area contributed by atoms with Crippen molar-refractivity contribution in [3.63, 3.8) is 0 Å². The number of hydrogen-bond acceptors (Lipinski definition) is 6. The maximum absolute atomic E-state index is 12.0. The number of aryl methyl sites for hydroxylation is 2. The first-order valence-corrected chi connectivity index (χ1v) is 14.4. The molecular weight excluding hydrogens is 619 g/mol. The Balaban J connectivity index is 0.000000246. The van der Waals surface area contributed by atoms with E-state index < -0.39 is 29.7 Å². The molecule has 0 fully saturated rings. The van der Waals surface area contributed by atoms with E-state index in [4.69, 9.17) is 32.7 Å². The van der Waals surface area contributed by atoms with Gasteiger partial charge in [0.25, 0.3) is 23.6 Å². The summed E-state index contributed by atoms with van der Waals surface area (Å²) in [4.78, 5) is 47.2.